The van der Waals surface area contributed by atoms with Crippen LogP contribution in [0.2, 0.25) is 0 Å². The Labute approximate surface area is 86.8 Å². The molecule has 0 saturated heterocycles. The van der Waals surface area contributed by atoms with Crippen LogP contribution in [0.25, 0.3) is 0 Å². The molecule has 0 radical (unpaired) electrons. The van der Waals surface area contributed by atoms with Gasteiger partial charge >= 0.3 is 0 Å². The van der Waals surface area contributed by atoms with Crippen molar-refractivity contribution in [3.05, 3.63) is 48.4 Å². The van der Waals surface area contributed by atoms with E-state index < -0.39 is 0 Å². The highest BCUT2D eigenvalue weighted by atomic mass is 16.5. The summed E-state index contributed by atoms with van der Waals surface area (Å²) in [5, 5.41) is 8.58. The van der Waals surface area contributed by atoms with E-state index in [1.54, 1.807) is 36.7 Å². The molecule has 0 fully saturated rings. The van der Waals surface area contributed by atoms with Crippen molar-refractivity contribution < 1.29 is 4.74 Å². The van der Waals surface area contributed by atoms with Gasteiger partial charge in [-0.25, -0.2) is 4.98 Å². The average Bonchev–Trinajstić information content (AvgIpc) is 2.31. The summed E-state index contributed by atoms with van der Waals surface area (Å²) in [5.74, 6) is 1.13. The van der Waals surface area contributed by atoms with E-state index in [0.29, 0.717) is 17.2 Å². The smallest absolute Gasteiger partial charge is 0.219 e. The van der Waals surface area contributed by atoms with E-state index in [4.69, 9.17) is 10.00 Å². The maximum atomic E-state index is 8.58. The molecule has 0 aliphatic heterocycles. The van der Waals surface area contributed by atoms with Gasteiger partial charge in [0.25, 0.3) is 0 Å². The molecule has 0 aromatic carbocycles. The molecule has 0 atom stereocenters. The first kappa shape index (κ1) is 9.16. The quantitative estimate of drug-likeness (QED) is 0.740. The normalized spacial score (nSPS) is 9.27. The molecule has 2 rings (SSSR count). The van der Waals surface area contributed by atoms with E-state index in [1.165, 1.54) is 6.20 Å². The van der Waals surface area contributed by atoms with Gasteiger partial charge in [0.15, 0.2) is 0 Å². The number of aromatic nitrogens is 2. The fourth-order valence-corrected chi connectivity index (χ4v) is 1.03. The third-order valence-corrected chi connectivity index (χ3v) is 1.74. The van der Waals surface area contributed by atoms with Crippen molar-refractivity contribution in [1.82, 2.24) is 9.97 Å². The second-order valence-electron chi connectivity index (χ2n) is 2.78. The van der Waals surface area contributed by atoms with Gasteiger partial charge in [0.2, 0.25) is 5.88 Å². The lowest BCUT2D eigenvalue weighted by Crippen LogP contribution is -1.88. The van der Waals surface area contributed by atoms with E-state index >= 15 is 0 Å². The van der Waals surface area contributed by atoms with Gasteiger partial charge in [-0.3, -0.25) is 4.98 Å². The summed E-state index contributed by atoms with van der Waals surface area (Å²) >= 11 is 0. The van der Waals surface area contributed by atoms with Gasteiger partial charge in [-0.05, 0) is 18.2 Å². The first-order valence-corrected chi connectivity index (χ1v) is 4.32. The minimum absolute atomic E-state index is 0.459. The van der Waals surface area contributed by atoms with Crippen molar-refractivity contribution >= 4 is 0 Å². The summed E-state index contributed by atoms with van der Waals surface area (Å²) in [5.41, 5.74) is 0.511. The van der Waals surface area contributed by atoms with Crippen LogP contribution in [-0.4, -0.2) is 9.97 Å². The molecule has 72 valence electrons. The maximum absolute atomic E-state index is 8.58. The zero-order valence-corrected chi connectivity index (χ0v) is 7.79. The largest absolute Gasteiger partial charge is 0.439 e. The van der Waals surface area contributed by atoms with Gasteiger partial charge in [-0.15, -0.1) is 0 Å². The molecule has 0 saturated carbocycles. The summed E-state index contributed by atoms with van der Waals surface area (Å²) in [6, 6.07) is 8.77. The SMILES string of the molecule is N#Cc1ccc(Oc2ccncc2)nc1. The highest BCUT2D eigenvalue weighted by Gasteiger charge is 1.97. The minimum atomic E-state index is 0.459. The van der Waals surface area contributed by atoms with Crippen molar-refractivity contribution in [2.24, 2.45) is 0 Å². The molecular formula is C11H7N3O. The van der Waals surface area contributed by atoms with Crippen molar-refractivity contribution in [1.29, 1.82) is 5.26 Å². The summed E-state index contributed by atoms with van der Waals surface area (Å²) in [6.45, 7) is 0. The van der Waals surface area contributed by atoms with Crippen LogP contribution in [0, 0.1) is 11.3 Å². The molecule has 0 N–H and O–H groups in total. The number of nitrogens with zero attached hydrogens (tertiary/aromatic N) is 3. The second kappa shape index (κ2) is 4.20. The van der Waals surface area contributed by atoms with Gasteiger partial charge in [0, 0.05) is 24.7 Å². The first-order valence-electron chi connectivity index (χ1n) is 4.32. The standard InChI is InChI=1S/C11H7N3O/c12-7-9-1-2-11(14-8-9)15-10-3-5-13-6-4-10/h1-6,8H. The molecule has 0 spiro atoms. The van der Waals surface area contributed by atoms with Crippen LogP contribution in [0.5, 0.6) is 11.6 Å². The molecular weight excluding hydrogens is 190 g/mol. The average molecular weight is 197 g/mol. The summed E-state index contributed by atoms with van der Waals surface area (Å²) in [6.07, 6.45) is 4.74. The fourth-order valence-electron chi connectivity index (χ4n) is 1.03. The molecule has 0 bridgehead atoms. The molecule has 0 unspecified atom stereocenters. The lowest BCUT2D eigenvalue weighted by molar-refractivity contribution is 0.462. The number of hydrogen-bond donors (Lipinski definition) is 0. The highest BCUT2D eigenvalue weighted by molar-refractivity contribution is 5.30. The Morgan fingerprint density at radius 2 is 1.93 bits per heavy atom. The molecule has 2 aromatic heterocycles. The van der Waals surface area contributed by atoms with Gasteiger partial charge in [-0.1, -0.05) is 0 Å². The summed E-state index contributed by atoms with van der Waals surface area (Å²) in [4.78, 5) is 7.85. The van der Waals surface area contributed by atoms with E-state index in [0.717, 1.165) is 0 Å². The molecule has 0 aliphatic carbocycles. The van der Waals surface area contributed by atoms with Crippen molar-refractivity contribution in [3.63, 3.8) is 0 Å². The zero-order chi connectivity index (χ0) is 10.5. The summed E-state index contributed by atoms with van der Waals surface area (Å²) < 4.78 is 5.42. The predicted octanol–water partition coefficient (Wildman–Crippen LogP) is 2.14. The summed E-state index contributed by atoms with van der Waals surface area (Å²) in [7, 11) is 0. The van der Waals surface area contributed by atoms with Crippen molar-refractivity contribution in [2.75, 3.05) is 0 Å². The van der Waals surface area contributed by atoms with Crippen LogP contribution in [0.3, 0.4) is 0 Å². The second-order valence-corrected chi connectivity index (χ2v) is 2.78. The molecule has 15 heavy (non-hydrogen) atoms. The van der Waals surface area contributed by atoms with Gasteiger partial charge in [-0.2, -0.15) is 5.26 Å². The van der Waals surface area contributed by atoms with Crippen LogP contribution in [0.1, 0.15) is 5.56 Å². The van der Waals surface area contributed by atoms with Gasteiger partial charge < -0.3 is 4.74 Å². The third-order valence-electron chi connectivity index (χ3n) is 1.74. The van der Waals surface area contributed by atoms with E-state index in [-0.39, 0.29) is 0 Å². The topological polar surface area (TPSA) is 58.8 Å². The van der Waals surface area contributed by atoms with Crippen LogP contribution < -0.4 is 4.74 Å². The molecule has 2 aromatic rings. The van der Waals surface area contributed by atoms with Crippen LogP contribution in [-0.2, 0) is 0 Å². The molecule has 2 heterocycles. The number of ether oxygens (including phenoxy) is 1. The molecule has 4 heteroatoms. The Morgan fingerprint density at radius 3 is 2.53 bits per heavy atom. The highest BCUT2D eigenvalue weighted by Crippen LogP contribution is 2.17. The Balaban J connectivity index is 2.16. The first-order chi connectivity index (χ1) is 7.38. The zero-order valence-electron chi connectivity index (χ0n) is 7.79. The van der Waals surface area contributed by atoms with Crippen LogP contribution in [0.15, 0.2) is 42.9 Å². The third kappa shape index (κ3) is 2.29. The number of rotatable bonds is 2. The van der Waals surface area contributed by atoms with Crippen LogP contribution >= 0.6 is 0 Å². The number of nitriles is 1. The Kier molecular flexibility index (Phi) is 2.56. The van der Waals surface area contributed by atoms with Gasteiger partial charge in [0.1, 0.15) is 11.8 Å². The van der Waals surface area contributed by atoms with Gasteiger partial charge in [0.05, 0.1) is 5.56 Å². The van der Waals surface area contributed by atoms with E-state index in [9.17, 15) is 0 Å². The predicted molar refractivity (Wildman–Crippen MR) is 53.3 cm³/mol. The number of hydrogen-bond acceptors (Lipinski definition) is 4. The Morgan fingerprint density at radius 1 is 1.13 bits per heavy atom. The van der Waals surface area contributed by atoms with Crippen LogP contribution in [0.4, 0.5) is 0 Å². The minimum Gasteiger partial charge on any atom is -0.439 e. The van der Waals surface area contributed by atoms with Crippen molar-refractivity contribution in [2.45, 2.75) is 0 Å². The maximum Gasteiger partial charge on any atom is 0.219 e. The molecule has 0 aliphatic rings. The fraction of sp³-hybridized carbons (Fsp3) is 0. The van der Waals surface area contributed by atoms with Crippen molar-refractivity contribution in [3.8, 4) is 17.7 Å². The lowest BCUT2D eigenvalue weighted by atomic mass is 10.3. The molecule has 4 nitrogen and oxygen atoms in total. The Bertz CT molecular complexity index is 473. The monoisotopic (exact) mass is 197 g/mol. The van der Waals surface area contributed by atoms with E-state index in [2.05, 4.69) is 9.97 Å². The Hall–Kier alpha value is -2.41. The number of pyridine rings is 2. The lowest BCUT2D eigenvalue weighted by Gasteiger charge is -2.02. The van der Waals surface area contributed by atoms with E-state index in [1.807, 2.05) is 6.07 Å². The molecule has 0 amide bonds.